The fourth-order valence-electron chi connectivity index (χ4n) is 3.27. The first-order chi connectivity index (χ1) is 15.5. The number of carbonyl (C=O) groups is 1. The summed E-state index contributed by atoms with van der Waals surface area (Å²) in [5.41, 5.74) is 2.51. The van der Waals surface area contributed by atoms with E-state index in [0.717, 1.165) is 16.7 Å². The van der Waals surface area contributed by atoms with Crippen LogP contribution in [0.4, 0.5) is 0 Å². The van der Waals surface area contributed by atoms with Gasteiger partial charge in [-0.15, -0.1) is 0 Å². The van der Waals surface area contributed by atoms with Gasteiger partial charge in [-0.1, -0.05) is 72.4 Å². The van der Waals surface area contributed by atoms with Crippen LogP contribution in [0.5, 0.6) is 5.88 Å². The molecule has 166 valence electrons. The highest BCUT2D eigenvalue weighted by Gasteiger charge is 2.49. The van der Waals surface area contributed by atoms with Crippen LogP contribution in [0.15, 0.2) is 78.6 Å². The van der Waals surface area contributed by atoms with Gasteiger partial charge in [-0.3, -0.25) is 4.79 Å². The molecule has 1 N–H and O–H groups in total. The third-order valence-electron chi connectivity index (χ3n) is 4.95. The summed E-state index contributed by atoms with van der Waals surface area (Å²) in [4.78, 5) is 21.4. The van der Waals surface area contributed by atoms with Crippen molar-refractivity contribution < 1.29 is 19.1 Å². The summed E-state index contributed by atoms with van der Waals surface area (Å²) in [7, 11) is 2.90. The number of carbonyl (C=O) groups excluding carboxylic acids is 1. The van der Waals surface area contributed by atoms with Gasteiger partial charge in [-0.05, 0) is 17.2 Å². The third-order valence-corrected chi connectivity index (χ3v) is 5.22. The number of aromatic nitrogens is 1. The molecule has 8 heteroatoms. The molecule has 0 aliphatic carbocycles. The quantitative estimate of drug-likeness (QED) is 0.255. The zero-order valence-corrected chi connectivity index (χ0v) is 18.7. The lowest BCUT2D eigenvalue weighted by Crippen LogP contribution is -2.29. The average Bonchev–Trinajstić information content (AvgIpc) is 3.62. The number of ether oxygens (including phenoxy) is 2. The summed E-state index contributed by atoms with van der Waals surface area (Å²) in [6.45, 7) is 8.21. The Hall–Kier alpha value is -3.42. The molecule has 1 saturated heterocycles. The van der Waals surface area contributed by atoms with Crippen LogP contribution in [0, 0.1) is 0 Å². The Kier molecular flexibility index (Phi) is 7.45. The highest BCUT2D eigenvalue weighted by Crippen LogP contribution is 2.46. The molecule has 32 heavy (non-hydrogen) atoms. The number of benzene rings is 1. The van der Waals surface area contributed by atoms with Crippen LogP contribution >= 0.6 is 11.6 Å². The van der Waals surface area contributed by atoms with E-state index >= 15 is 0 Å². The van der Waals surface area contributed by atoms with Gasteiger partial charge in [0, 0.05) is 24.4 Å². The number of nitrogens with one attached hydrogen (secondary N) is 1. The monoisotopic (exact) mass is 453 g/mol. The summed E-state index contributed by atoms with van der Waals surface area (Å²) < 4.78 is 11.6. The highest BCUT2D eigenvalue weighted by molar-refractivity contribution is 6.45. The van der Waals surface area contributed by atoms with E-state index in [1.54, 1.807) is 36.5 Å². The number of rotatable bonds is 10. The van der Waals surface area contributed by atoms with Crippen molar-refractivity contribution in [1.82, 2.24) is 10.3 Å². The molecule has 0 bridgehead atoms. The van der Waals surface area contributed by atoms with Gasteiger partial charge >= 0.3 is 0 Å². The Bertz CT molecular complexity index is 1090. The molecule has 0 spiro atoms. The third kappa shape index (κ3) is 4.74. The van der Waals surface area contributed by atoms with Crippen LogP contribution < -0.4 is 10.1 Å². The molecule has 1 atom stereocenters. The highest BCUT2D eigenvalue weighted by atomic mass is 35.5. The molecule has 1 aliphatic rings. The standard InChI is InChI=1S/C24H24ClN3O4/c1-5-9-17(6-2)24(15-32-24)18-12-20(25)23(27-13-18)31-14-16-10-7-8-11-19(16)21(28-30-4)22(29)26-3/h5-13H,1-2,14-15H2,3-4H3,(H,26,29)/b17-9+,28-21+. The normalized spacial score (nSPS) is 18.0. The lowest BCUT2D eigenvalue weighted by molar-refractivity contribution is -0.114. The summed E-state index contributed by atoms with van der Waals surface area (Å²) in [6.07, 6.45) is 6.93. The van der Waals surface area contributed by atoms with E-state index in [2.05, 4.69) is 28.6 Å². The Morgan fingerprint density at radius 1 is 1.41 bits per heavy atom. The maximum absolute atomic E-state index is 12.2. The van der Waals surface area contributed by atoms with Crippen LogP contribution in [0.2, 0.25) is 5.02 Å². The smallest absolute Gasteiger partial charge is 0.273 e. The first kappa shape index (κ1) is 23.2. The Balaban J connectivity index is 1.83. The van der Waals surface area contributed by atoms with Gasteiger partial charge in [0.2, 0.25) is 5.88 Å². The minimum Gasteiger partial charge on any atom is -0.472 e. The largest absolute Gasteiger partial charge is 0.472 e. The fourth-order valence-corrected chi connectivity index (χ4v) is 3.49. The van der Waals surface area contributed by atoms with Crippen molar-refractivity contribution in [2.75, 3.05) is 20.8 Å². The second-order valence-electron chi connectivity index (χ2n) is 6.84. The number of amides is 1. The van der Waals surface area contributed by atoms with Gasteiger partial charge in [0.15, 0.2) is 5.71 Å². The number of oxime groups is 1. The number of hydrogen-bond donors (Lipinski definition) is 1. The SMILES string of the molecule is C=C/C=C(\C=C)C1(c2cnc(OCc3ccccc3/C(=N\OC)C(=O)NC)c(Cl)c2)CO1. The van der Waals surface area contributed by atoms with Crippen LogP contribution in [-0.2, 0) is 26.6 Å². The first-order valence-electron chi connectivity index (χ1n) is 9.80. The molecule has 1 fully saturated rings. The average molecular weight is 454 g/mol. The second-order valence-corrected chi connectivity index (χ2v) is 7.24. The summed E-state index contributed by atoms with van der Waals surface area (Å²) >= 11 is 6.46. The van der Waals surface area contributed by atoms with Crippen molar-refractivity contribution in [1.29, 1.82) is 0 Å². The molecule has 1 aromatic carbocycles. The van der Waals surface area contributed by atoms with Gasteiger partial charge in [0.05, 0.1) is 6.61 Å². The second kappa shape index (κ2) is 10.3. The molecular formula is C24H24ClN3O4. The van der Waals surface area contributed by atoms with Crippen molar-refractivity contribution in [3.05, 3.63) is 95.2 Å². The van der Waals surface area contributed by atoms with Crippen molar-refractivity contribution in [3.8, 4) is 5.88 Å². The van der Waals surface area contributed by atoms with Crippen molar-refractivity contribution >= 4 is 23.2 Å². The van der Waals surface area contributed by atoms with Gasteiger partial charge in [-0.2, -0.15) is 0 Å². The zero-order chi connectivity index (χ0) is 23.1. The fraction of sp³-hybridized carbons (Fsp3) is 0.208. The number of allylic oxidation sites excluding steroid dienone is 2. The molecule has 1 aliphatic heterocycles. The zero-order valence-electron chi connectivity index (χ0n) is 17.9. The predicted molar refractivity (Wildman–Crippen MR) is 124 cm³/mol. The number of likely N-dealkylation sites (N-methyl/N-ethyl adjacent to an activating group) is 1. The maximum atomic E-state index is 12.2. The number of hydrogen-bond acceptors (Lipinski definition) is 6. The summed E-state index contributed by atoms with van der Waals surface area (Å²) in [5, 5.41) is 6.75. The molecule has 1 unspecified atom stereocenters. The van der Waals surface area contributed by atoms with Crippen molar-refractivity contribution in [2.24, 2.45) is 5.16 Å². The topological polar surface area (TPSA) is 85.3 Å². The molecule has 0 radical (unpaired) electrons. The Morgan fingerprint density at radius 3 is 2.75 bits per heavy atom. The molecule has 0 saturated carbocycles. The molecule has 2 aromatic rings. The van der Waals surface area contributed by atoms with Gasteiger partial charge < -0.3 is 19.6 Å². The number of epoxide rings is 1. The van der Waals surface area contributed by atoms with E-state index < -0.39 is 5.60 Å². The van der Waals surface area contributed by atoms with Gasteiger partial charge in [0.25, 0.3) is 5.91 Å². The Labute approximate surface area is 192 Å². The van der Waals surface area contributed by atoms with Crippen LogP contribution in [-0.4, -0.2) is 37.4 Å². The lowest BCUT2D eigenvalue weighted by Gasteiger charge is -2.15. The molecule has 1 amide bonds. The van der Waals surface area contributed by atoms with E-state index in [1.807, 2.05) is 18.2 Å². The van der Waals surface area contributed by atoms with Crippen LogP contribution in [0.3, 0.4) is 0 Å². The van der Waals surface area contributed by atoms with Crippen LogP contribution in [0.1, 0.15) is 16.7 Å². The van der Waals surface area contributed by atoms with E-state index in [-0.39, 0.29) is 24.1 Å². The molecule has 1 aromatic heterocycles. The molecule has 2 heterocycles. The van der Waals surface area contributed by atoms with Crippen LogP contribution in [0.25, 0.3) is 0 Å². The molecular weight excluding hydrogens is 430 g/mol. The summed E-state index contributed by atoms with van der Waals surface area (Å²) in [5.74, 6) is -0.112. The number of pyridine rings is 1. The van der Waals surface area contributed by atoms with E-state index in [0.29, 0.717) is 17.2 Å². The summed E-state index contributed by atoms with van der Waals surface area (Å²) in [6, 6.07) is 9.00. The predicted octanol–water partition coefficient (Wildman–Crippen LogP) is 3.93. The van der Waals surface area contributed by atoms with Gasteiger partial charge in [-0.25, -0.2) is 4.98 Å². The van der Waals surface area contributed by atoms with Crippen molar-refractivity contribution in [3.63, 3.8) is 0 Å². The molecule has 7 nitrogen and oxygen atoms in total. The minimum absolute atomic E-state index is 0.123. The number of halogens is 1. The van der Waals surface area contributed by atoms with Crippen molar-refractivity contribution in [2.45, 2.75) is 12.2 Å². The van der Waals surface area contributed by atoms with E-state index in [4.69, 9.17) is 25.9 Å². The Morgan fingerprint density at radius 2 is 2.16 bits per heavy atom. The van der Waals surface area contributed by atoms with E-state index in [9.17, 15) is 4.79 Å². The lowest BCUT2D eigenvalue weighted by atomic mass is 9.92. The molecule has 3 rings (SSSR count). The minimum atomic E-state index is -0.614. The number of nitrogens with zero attached hydrogens (tertiary/aromatic N) is 2. The maximum Gasteiger partial charge on any atom is 0.273 e. The van der Waals surface area contributed by atoms with E-state index in [1.165, 1.54) is 14.2 Å². The first-order valence-corrected chi connectivity index (χ1v) is 10.2. The van der Waals surface area contributed by atoms with Gasteiger partial charge in [0.1, 0.15) is 24.3 Å².